The van der Waals surface area contributed by atoms with Gasteiger partial charge < -0.3 is 4.98 Å². The summed E-state index contributed by atoms with van der Waals surface area (Å²) in [4.78, 5) is 41.1. The first-order chi connectivity index (χ1) is 13.4. The van der Waals surface area contributed by atoms with Gasteiger partial charge in [0.15, 0.2) is 0 Å². The van der Waals surface area contributed by atoms with E-state index in [9.17, 15) is 23.2 Å². The number of fused-ring (bicyclic) bond motifs is 2. The molecule has 4 aromatic rings. The Hall–Kier alpha value is -3.26. The molecule has 0 amide bonds. The molecule has 0 aliphatic carbocycles. The minimum atomic E-state index is -0.876. The summed E-state index contributed by atoms with van der Waals surface area (Å²) in [5.41, 5.74) is -1.74. The Morgan fingerprint density at radius 2 is 1.64 bits per heavy atom. The predicted molar refractivity (Wildman–Crippen MR) is 103 cm³/mol. The molecule has 0 unspecified atom stereocenters. The van der Waals surface area contributed by atoms with Crippen molar-refractivity contribution in [2.24, 2.45) is 0 Å². The number of hydrogen-bond donors (Lipinski definition) is 2. The van der Waals surface area contributed by atoms with Gasteiger partial charge in [-0.3, -0.25) is 19.5 Å². The summed E-state index contributed by atoms with van der Waals surface area (Å²) in [5, 5.41) is 2.53. The van der Waals surface area contributed by atoms with Crippen molar-refractivity contribution < 1.29 is 8.78 Å². The van der Waals surface area contributed by atoms with Crippen LogP contribution in [0.25, 0.3) is 27.5 Å². The van der Waals surface area contributed by atoms with Crippen molar-refractivity contribution in [1.29, 1.82) is 0 Å². The zero-order valence-corrected chi connectivity index (χ0v) is 14.9. The zero-order valence-electron chi connectivity index (χ0n) is 14.2. The number of rotatable bonds is 3. The van der Waals surface area contributed by atoms with Crippen LogP contribution in [0.2, 0.25) is 5.02 Å². The molecule has 2 heterocycles. The van der Waals surface area contributed by atoms with E-state index >= 15 is 0 Å². The lowest BCUT2D eigenvalue weighted by Crippen LogP contribution is -2.32. The van der Waals surface area contributed by atoms with Gasteiger partial charge in [0.05, 0.1) is 11.2 Å². The third-order valence-electron chi connectivity index (χ3n) is 4.42. The van der Waals surface area contributed by atoms with E-state index in [0.717, 1.165) is 4.68 Å². The first-order valence-corrected chi connectivity index (χ1v) is 8.56. The molecular formula is C19H12ClF2N3O3. The first-order valence-electron chi connectivity index (χ1n) is 8.18. The summed E-state index contributed by atoms with van der Waals surface area (Å²) in [7, 11) is 0. The lowest BCUT2D eigenvalue weighted by Gasteiger charge is -2.10. The quantitative estimate of drug-likeness (QED) is 0.515. The number of aromatic nitrogens is 3. The second-order valence-electron chi connectivity index (χ2n) is 6.25. The van der Waals surface area contributed by atoms with E-state index in [4.69, 9.17) is 11.6 Å². The Balaban J connectivity index is 2.12. The van der Waals surface area contributed by atoms with E-state index in [0.29, 0.717) is 10.5 Å². The van der Waals surface area contributed by atoms with Crippen LogP contribution in [-0.2, 0) is 13.3 Å². The van der Waals surface area contributed by atoms with Gasteiger partial charge in [0.2, 0.25) is 5.43 Å². The van der Waals surface area contributed by atoms with Crippen LogP contribution in [0.3, 0.4) is 0 Å². The molecular weight excluding hydrogens is 392 g/mol. The van der Waals surface area contributed by atoms with E-state index in [1.165, 1.54) is 36.4 Å². The fourth-order valence-corrected chi connectivity index (χ4v) is 3.34. The maximum absolute atomic E-state index is 13.1. The third kappa shape index (κ3) is 2.82. The van der Waals surface area contributed by atoms with Crippen LogP contribution < -0.4 is 16.5 Å². The Morgan fingerprint density at radius 1 is 0.964 bits per heavy atom. The van der Waals surface area contributed by atoms with Gasteiger partial charge in [0.25, 0.3) is 11.1 Å². The number of pyridine rings is 1. The van der Waals surface area contributed by atoms with Crippen LogP contribution in [0.5, 0.6) is 0 Å². The summed E-state index contributed by atoms with van der Waals surface area (Å²) < 4.78 is 27.0. The van der Waals surface area contributed by atoms with E-state index < -0.39 is 29.9 Å². The van der Waals surface area contributed by atoms with Crippen LogP contribution in [0, 0.1) is 0 Å². The Bertz CT molecular complexity index is 1400. The third-order valence-corrected chi connectivity index (χ3v) is 4.66. The molecule has 2 aromatic carbocycles. The normalized spacial score (nSPS) is 11.4. The fourth-order valence-electron chi connectivity index (χ4n) is 3.17. The second-order valence-corrected chi connectivity index (χ2v) is 6.69. The molecule has 2 N–H and O–H groups in total. The number of hydrogen-bond acceptors (Lipinski definition) is 3. The highest BCUT2D eigenvalue weighted by Crippen LogP contribution is 2.18. The second kappa shape index (κ2) is 6.72. The molecule has 0 spiro atoms. The van der Waals surface area contributed by atoms with Crippen molar-refractivity contribution in [2.45, 2.75) is 13.3 Å². The number of alkyl halides is 2. The maximum atomic E-state index is 13.1. The van der Waals surface area contributed by atoms with Crippen LogP contribution in [0.4, 0.5) is 8.78 Å². The topological polar surface area (TPSA) is 87.7 Å². The van der Waals surface area contributed by atoms with Crippen molar-refractivity contribution >= 4 is 33.4 Å². The Labute approximate surface area is 160 Å². The van der Waals surface area contributed by atoms with E-state index in [-0.39, 0.29) is 33.1 Å². The monoisotopic (exact) mass is 403 g/mol. The molecule has 142 valence electrons. The molecule has 0 aliphatic heterocycles. The highest BCUT2D eigenvalue weighted by molar-refractivity contribution is 6.31. The first kappa shape index (κ1) is 18.1. The molecule has 0 saturated heterocycles. The Morgan fingerprint density at radius 3 is 2.29 bits per heavy atom. The number of H-pyrrole nitrogens is 2. The van der Waals surface area contributed by atoms with Crippen molar-refractivity contribution in [1.82, 2.24) is 14.8 Å². The maximum Gasteiger partial charge on any atom is 0.287 e. The molecule has 28 heavy (non-hydrogen) atoms. The van der Waals surface area contributed by atoms with E-state index in [1.54, 1.807) is 0 Å². The van der Waals surface area contributed by atoms with Gasteiger partial charge in [-0.15, -0.1) is 0 Å². The van der Waals surface area contributed by atoms with E-state index in [2.05, 4.69) is 10.1 Å². The Kier molecular flexibility index (Phi) is 4.35. The van der Waals surface area contributed by atoms with Crippen molar-refractivity contribution in [3.63, 3.8) is 0 Å². The van der Waals surface area contributed by atoms with Gasteiger partial charge in [-0.25, -0.2) is 13.5 Å². The van der Waals surface area contributed by atoms with Crippen LogP contribution in [-0.4, -0.2) is 14.8 Å². The van der Waals surface area contributed by atoms with Gasteiger partial charge in [0, 0.05) is 10.4 Å². The van der Waals surface area contributed by atoms with Gasteiger partial charge >= 0.3 is 0 Å². The van der Waals surface area contributed by atoms with Crippen LogP contribution in [0.1, 0.15) is 11.1 Å². The molecule has 2 aromatic heterocycles. The molecule has 0 atom stereocenters. The van der Waals surface area contributed by atoms with Crippen molar-refractivity contribution in [2.75, 3.05) is 0 Å². The summed E-state index contributed by atoms with van der Waals surface area (Å²) >= 11 is 5.92. The standard InChI is InChI=1S/C19H12ClF2N3O3/c20-11-1-2-13-14(6-11)23-16-15(17(13)26)19(28)25(24-18(16)27)12-4-9(7-21)3-10(5-12)8-22/h1-6H,7-8H2,(H,23,26)(H,24,27). The SMILES string of the molecule is O=c1[nH]n(-c2cc(CF)cc(CF)c2)c(=O)c2c(=O)c3ccc(Cl)cc3[nH]c12. The molecule has 6 nitrogen and oxygen atoms in total. The van der Waals surface area contributed by atoms with Gasteiger partial charge in [-0.05, 0) is 41.5 Å². The van der Waals surface area contributed by atoms with E-state index in [1.807, 2.05) is 0 Å². The zero-order chi connectivity index (χ0) is 20.0. The summed E-state index contributed by atoms with van der Waals surface area (Å²) in [5.74, 6) is 0. The van der Waals surface area contributed by atoms with Crippen molar-refractivity contribution in [3.05, 3.63) is 83.5 Å². The molecule has 0 bridgehead atoms. The molecule has 0 fully saturated rings. The van der Waals surface area contributed by atoms with Gasteiger partial charge in [-0.2, -0.15) is 0 Å². The molecule has 4 rings (SSSR count). The minimum Gasteiger partial charge on any atom is -0.350 e. The highest BCUT2D eigenvalue weighted by Gasteiger charge is 2.16. The van der Waals surface area contributed by atoms with Crippen molar-refractivity contribution in [3.8, 4) is 5.69 Å². The van der Waals surface area contributed by atoms with Gasteiger partial charge in [-0.1, -0.05) is 17.7 Å². The smallest absolute Gasteiger partial charge is 0.287 e. The molecule has 0 aliphatic rings. The predicted octanol–water partition coefficient (Wildman–Crippen LogP) is 3.11. The average Bonchev–Trinajstić information content (AvgIpc) is 2.69. The number of nitrogens with zero attached hydrogens (tertiary/aromatic N) is 1. The number of aromatic amines is 2. The number of halogens is 3. The fraction of sp³-hybridized carbons (Fsp3) is 0.105. The molecule has 0 saturated carbocycles. The average molecular weight is 404 g/mol. The largest absolute Gasteiger partial charge is 0.350 e. The lowest BCUT2D eigenvalue weighted by atomic mass is 10.1. The number of nitrogens with one attached hydrogen (secondary N) is 2. The molecule has 0 radical (unpaired) electrons. The lowest BCUT2D eigenvalue weighted by molar-refractivity contribution is 0.474. The minimum absolute atomic E-state index is 0.0578. The summed E-state index contributed by atoms with van der Waals surface area (Å²) in [6.07, 6.45) is 0. The van der Waals surface area contributed by atoms with Gasteiger partial charge in [0.1, 0.15) is 24.3 Å². The van der Waals surface area contributed by atoms with Crippen LogP contribution >= 0.6 is 11.6 Å². The number of benzene rings is 2. The molecule has 9 heteroatoms. The summed E-state index contributed by atoms with van der Waals surface area (Å²) in [6, 6.07) is 8.34. The summed E-state index contributed by atoms with van der Waals surface area (Å²) in [6.45, 7) is -1.75. The highest BCUT2D eigenvalue weighted by atomic mass is 35.5. The van der Waals surface area contributed by atoms with Crippen LogP contribution in [0.15, 0.2) is 50.8 Å².